The van der Waals surface area contributed by atoms with Crippen molar-refractivity contribution < 1.29 is 9.53 Å². The van der Waals surface area contributed by atoms with E-state index in [0.717, 1.165) is 35.5 Å². The number of amides is 1. The quantitative estimate of drug-likeness (QED) is 0.662. The van der Waals surface area contributed by atoms with Gasteiger partial charge in [-0.25, -0.2) is 14.8 Å². The van der Waals surface area contributed by atoms with Crippen LogP contribution in [-0.4, -0.2) is 33.1 Å². The summed E-state index contributed by atoms with van der Waals surface area (Å²) in [7, 11) is 0. The number of nitrogens with zero attached hydrogens (tertiary/aromatic N) is 3. The number of hydrogen-bond acceptors (Lipinski definition) is 5. The van der Waals surface area contributed by atoms with Gasteiger partial charge in [-0.15, -0.1) is 11.3 Å². The van der Waals surface area contributed by atoms with E-state index in [1.807, 2.05) is 37.1 Å². The topological polar surface area (TPSA) is 55.3 Å². The summed E-state index contributed by atoms with van der Waals surface area (Å²) in [5.74, 6) is 0. The monoisotopic (exact) mass is 379 g/mol. The molecule has 0 N–H and O–H groups in total. The van der Waals surface area contributed by atoms with E-state index >= 15 is 0 Å². The molecule has 0 saturated carbocycles. The van der Waals surface area contributed by atoms with Crippen molar-refractivity contribution in [2.45, 2.75) is 51.7 Å². The third kappa shape index (κ3) is 4.50. The van der Waals surface area contributed by atoms with Gasteiger partial charge in [-0.3, -0.25) is 4.90 Å². The molecule has 0 aliphatic carbocycles. The van der Waals surface area contributed by atoms with Gasteiger partial charge in [0.15, 0.2) is 0 Å². The van der Waals surface area contributed by atoms with Crippen molar-refractivity contribution in [3.05, 3.63) is 33.9 Å². The largest absolute Gasteiger partial charge is 0.444 e. The van der Waals surface area contributed by atoms with Gasteiger partial charge in [0.25, 0.3) is 0 Å². The second-order valence-corrected chi connectivity index (χ2v) is 8.40. The van der Waals surface area contributed by atoms with E-state index in [1.165, 1.54) is 0 Å². The van der Waals surface area contributed by atoms with Gasteiger partial charge in [0.1, 0.15) is 15.8 Å². The van der Waals surface area contributed by atoms with E-state index in [-0.39, 0.29) is 12.1 Å². The second kappa shape index (κ2) is 7.30. The van der Waals surface area contributed by atoms with Crippen molar-refractivity contribution in [2.75, 3.05) is 6.54 Å². The summed E-state index contributed by atoms with van der Waals surface area (Å²) in [4.78, 5) is 23.2. The Balaban J connectivity index is 1.81. The van der Waals surface area contributed by atoms with Crippen molar-refractivity contribution in [2.24, 2.45) is 0 Å². The normalized spacial score (nSPS) is 18.2. The Hall–Kier alpha value is -1.66. The Morgan fingerprint density at radius 3 is 2.84 bits per heavy atom. The van der Waals surface area contributed by atoms with Crippen LogP contribution in [0.4, 0.5) is 4.79 Å². The summed E-state index contributed by atoms with van der Waals surface area (Å²) in [5.41, 5.74) is 1.28. The van der Waals surface area contributed by atoms with E-state index in [1.54, 1.807) is 23.6 Å². The summed E-state index contributed by atoms with van der Waals surface area (Å²) in [5, 5.41) is 3.40. The van der Waals surface area contributed by atoms with Gasteiger partial charge < -0.3 is 4.74 Å². The zero-order chi connectivity index (χ0) is 18.0. The Labute approximate surface area is 157 Å². The molecule has 5 nitrogen and oxygen atoms in total. The van der Waals surface area contributed by atoms with Crippen LogP contribution in [0.5, 0.6) is 0 Å². The number of halogens is 1. The fraction of sp³-hybridized carbons (Fsp3) is 0.500. The van der Waals surface area contributed by atoms with Crippen LogP contribution in [0.1, 0.15) is 51.1 Å². The van der Waals surface area contributed by atoms with Gasteiger partial charge in [0.2, 0.25) is 0 Å². The first kappa shape index (κ1) is 18.1. The molecule has 1 aliphatic heterocycles. The molecule has 1 aliphatic rings. The third-order valence-corrected chi connectivity index (χ3v) is 5.13. The molecule has 134 valence electrons. The summed E-state index contributed by atoms with van der Waals surface area (Å²) < 4.78 is 5.57. The molecule has 7 heteroatoms. The van der Waals surface area contributed by atoms with Gasteiger partial charge in [0.05, 0.1) is 11.7 Å². The number of rotatable bonds is 2. The first-order valence-corrected chi connectivity index (χ1v) is 9.66. The number of piperidine rings is 1. The van der Waals surface area contributed by atoms with Crippen LogP contribution in [0, 0.1) is 0 Å². The molecular formula is C18H22ClN3O2S. The lowest BCUT2D eigenvalue weighted by atomic mass is 10.0. The molecule has 3 heterocycles. The fourth-order valence-electron chi connectivity index (χ4n) is 2.83. The van der Waals surface area contributed by atoms with Gasteiger partial charge >= 0.3 is 6.09 Å². The summed E-state index contributed by atoms with van der Waals surface area (Å²) in [6.45, 7) is 6.37. The minimum atomic E-state index is -0.498. The zero-order valence-corrected chi connectivity index (χ0v) is 16.2. The summed E-state index contributed by atoms with van der Waals surface area (Å²) in [6.07, 6.45) is 4.44. The molecular weight excluding hydrogens is 358 g/mol. The fourth-order valence-corrected chi connectivity index (χ4v) is 3.91. The lowest BCUT2D eigenvalue weighted by Crippen LogP contribution is -2.41. The summed E-state index contributed by atoms with van der Waals surface area (Å²) in [6, 6.07) is 3.63. The number of hydrogen-bond donors (Lipinski definition) is 0. The lowest BCUT2D eigenvalue weighted by Gasteiger charge is -2.35. The van der Waals surface area contributed by atoms with E-state index in [0.29, 0.717) is 11.7 Å². The number of carbonyl (C=O) groups is 1. The maximum atomic E-state index is 12.6. The summed E-state index contributed by atoms with van der Waals surface area (Å²) >= 11 is 7.42. The van der Waals surface area contributed by atoms with Gasteiger partial charge in [-0.2, -0.15) is 0 Å². The molecule has 2 aromatic rings. The van der Waals surface area contributed by atoms with E-state index in [4.69, 9.17) is 21.3 Å². The minimum Gasteiger partial charge on any atom is -0.444 e. The predicted molar refractivity (Wildman–Crippen MR) is 99.9 cm³/mol. The van der Waals surface area contributed by atoms with E-state index < -0.39 is 5.60 Å². The SMILES string of the molecule is CC(C)(C)OC(=O)N1CCCC[C@@H]1c1nc(-c2ccc(Cl)nc2)cs1. The van der Waals surface area contributed by atoms with Crippen LogP contribution in [0.15, 0.2) is 23.7 Å². The third-order valence-electron chi connectivity index (χ3n) is 3.96. The average molecular weight is 380 g/mol. The first-order valence-electron chi connectivity index (χ1n) is 8.40. The van der Waals surface area contributed by atoms with Crippen molar-refractivity contribution in [3.8, 4) is 11.3 Å². The number of carbonyl (C=O) groups excluding carboxylic acids is 1. The maximum absolute atomic E-state index is 12.6. The number of aromatic nitrogens is 2. The van der Waals surface area contributed by atoms with Crippen LogP contribution < -0.4 is 0 Å². The first-order chi connectivity index (χ1) is 11.8. The van der Waals surface area contributed by atoms with Crippen LogP contribution in [0.3, 0.4) is 0 Å². The van der Waals surface area contributed by atoms with Crippen LogP contribution in [-0.2, 0) is 4.74 Å². The second-order valence-electron chi connectivity index (χ2n) is 7.13. The molecule has 1 saturated heterocycles. The molecule has 25 heavy (non-hydrogen) atoms. The number of thiazole rings is 1. The smallest absolute Gasteiger partial charge is 0.410 e. The molecule has 0 bridgehead atoms. The van der Waals surface area contributed by atoms with Crippen LogP contribution >= 0.6 is 22.9 Å². The van der Waals surface area contributed by atoms with E-state index in [2.05, 4.69) is 4.98 Å². The van der Waals surface area contributed by atoms with Crippen molar-refractivity contribution in [1.82, 2.24) is 14.9 Å². The van der Waals surface area contributed by atoms with Crippen molar-refractivity contribution in [1.29, 1.82) is 0 Å². The Morgan fingerprint density at radius 1 is 1.36 bits per heavy atom. The van der Waals surface area contributed by atoms with Crippen LogP contribution in [0.25, 0.3) is 11.3 Å². The highest BCUT2D eigenvalue weighted by Crippen LogP contribution is 2.35. The molecule has 1 fully saturated rings. The maximum Gasteiger partial charge on any atom is 0.410 e. The number of likely N-dealkylation sites (tertiary alicyclic amines) is 1. The average Bonchev–Trinajstić information content (AvgIpc) is 3.04. The minimum absolute atomic E-state index is 0.0254. The van der Waals surface area contributed by atoms with Crippen LogP contribution in [0.2, 0.25) is 5.15 Å². The highest BCUT2D eigenvalue weighted by Gasteiger charge is 2.33. The molecule has 2 aromatic heterocycles. The highest BCUT2D eigenvalue weighted by molar-refractivity contribution is 7.10. The lowest BCUT2D eigenvalue weighted by molar-refractivity contribution is 0.00950. The molecule has 0 aromatic carbocycles. The van der Waals surface area contributed by atoms with E-state index in [9.17, 15) is 4.79 Å². The number of pyridine rings is 1. The van der Waals surface area contributed by atoms with Gasteiger partial charge in [-0.05, 0) is 52.2 Å². The Kier molecular flexibility index (Phi) is 5.29. The molecule has 1 amide bonds. The van der Waals surface area contributed by atoms with Gasteiger partial charge in [0, 0.05) is 23.7 Å². The standard InChI is InChI=1S/C18H22ClN3O2S/c1-18(2,3)24-17(23)22-9-5-4-6-14(22)16-21-13(11-25-16)12-7-8-15(19)20-10-12/h7-8,10-11,14H,4-6,9H2,1-3H3/t14-/m1/s1. The molecule has 1 atom stereocenters. The van der Waals surface area contributed by atoms with Crippen molar-refractivity contribution >= 4 is 29.0 Å². The Bertz CT molecular complexity index is 740. The molecule has 0 spiro atoms. The predicted octanol–water partition coefficient (Wildman–Crippen LogP) is 5.32. The number of ether oxygens (including phenoxy) is 1. The molecule has 3 rings (SSSR count). The molecule has 0 unspecified atom stereocenters. The molecule has 0 radical (unpaired) electrons. The highest BCUT2D eigenvalue weighted by atomic mass is 35.5. The van der Waals surface area contributed by atoms with Gasteiger partial charge in [-0.1, -0.05) is 11.6 Å². The Morgan fingerprint density at radius 2 is 2.16 bits per heavy atom. The zero-order valence-electron chi connectivity index (χ0n) is 14.7. The van der Waals surface area contributed by atoms with Crippen molar-refractivity contribution in [3.63, 3.8) is 0 Å².